The molecule has 3 amide bonds. The summed E-state index contributed by atoms with van der Waals surface area (Å²) in [5, 5.41) is 32.7. The number of aliphatic hydroxyl groups is 1. The van der Waals surface area contributed by atoms with Gasteiger partial charge in [0.2, 0.25) is 17.7 Å². The van der Waals surface area contributed by atoms with E-state index < -0.39 is 41.1 Å². The van der Waals surface area contributed by atoms with Crippen molar-refractivity contribution in [2.45, 2.75) is 142 Å². The van der Waals surface area contributed by atoms with Crippen LogP contribution in [-0.2, 0) is 25.5 Å². The van der Waals surface area contributed by atoms with Crippen LogP contribution in [0.5, 0.6) is 11.8 Å². The standard InChI is InChI=1S/C61H74F2N10O7S/c1-7-44-47(62)15-12-38-24-41(74)25-45(50(38)44)52-51(63)53-46(27-64-52)56(72-28-39-13-14-40(29-72)67-39)70-59(69-53)80-32-61(19-20-61)31-71-21-16-43(17-22-71)79-23-18-49(76)68-55(60(4,5)6)58(78)73-30-42(75)26-48(73)57(77)66-34(2)36-8-10-37(11-9-36)54-35(3)65-33-81-54/h8-12,15,24-25,27,33-34,39-40,42-43,48,55,67,74-75H,7,13-14,16-23,26,28-32H2,1-6H3,(H,66,77)(H,68,76)/t34-,39?,40?,42+,48-,55+/m0/s1. The highest BCUT2D eigenvalue weighted by molar-refractivity contribution is 7.13. The van der Waals surface area contributed by atoms with Crippen molar-refractivity contribution in [3.05, 3.63) is 88.7 Å². The normalized spacial score (nSPS) is 21.8. The lowest BCUT2D eigenvalue weighted by Gasteiger charge is -2.36. The number of aliphatic hydroxyl groups excluding tert-OH is 1. The molecule has 3 aromatic carbocycles. The molecule has 2 bridgehead atoms. The first-order valence-corrected chi connectivity index (χ1v) is 29.6. The van der Waals surface area contributed by atoms with E-state index in [1.54, 1.807) is 29.7 Å². The highest BCUT2D eigenvalue weighted by Crippen LogP contribution is 2.47. The topological polar surface area (TPSA) is 208 Å². The number of ether oxygens (including phenoxy) is 2. The lowest BCUT2D eigenvalue weighted by atomic mass is 9.85. The molecule has 6 aromatic rings. The molecule has 6 atom stereocenters. The van der Waals surface area contributed by atoms with Gasteiger partial charge in [0, 0.05) is 81.4 Å². The van der Waals surface area contributed by atoms with Crippen molar-refractivity contribution >= 4 is 56.6 Å². The van der Waals surface area contributed by atoms with E-state index in [1.807, 2.05) is 71.3 Å². The average molecular weight is 1130 g/mol. The van der Waals surface area contributed by atoms with Crippen molar-refractivity contribution in [3.63, 3.8) is 0 Å². The van der Waals surface area contributed by atoms with Crippen LogP contribution in [0, 0.1) is 29.4 Å². The summed E-state index contributed by atoms with van der Waals surface area (Å²) in [5.74, 6) is -1.76. The van der Waals surface area contributed by atoms with Gasteiger partial charge < -0.3 is 50.3 Å². The molecule has 430 valence electrons. The monoisotopic (exact) mass is 1130 g/mol. The number of piperidine rings is 1. The third kappa shape index (κ3) is 12.1. The van der Waals surface area contributed by atoms with Gasteiger partial charge in [0.15, 0.2) is 5.82 Å². The zero-order chi connectivity index (χ0) is 56.9. The Hall–Kier alpha value is -6.45. The summed E-state index contributed by atoms with van der Waals surface area (Å²) in [6.07, 6.45) is 6.71. The van der Waals surface area contributed by atoms with E-state index in [-0.39, 0.29) is 96.0 Å². The number of carbonyl (C=O) groups is 3. The van der Waals surface area contributed by atoms with Crippen LogP contribution in [0.2, 0.25) is 0 Å². The quantitative estimate of drug-likeness (QED) is 0.0551. The van der Waals surface area contributed by atoms with Crippen LogP contribution < -0.4 is 25.6 Å². The van der Waals surface area contributed by atoms with Crippen LogP contribution in [0.15, 0.2) is 60.2 Å². The number of piperazine rings is 1. The first kappa shape index (κ1) is 56.4. The number of anilines is 1. The number of rotatable bonds is 18. The van der Waals surface area contributed by atoms with E-state index in [0.29, 0.717) is 53.7 Å². The van der Waals surface area contributed by atoms with Gasteiger partial charge in [-0.25, -0.2) is 13.8 Å². The first-order chi connectivity index (χ1) is 38.8. The maximum atomic E-state index is 17.2. The average Bonchev–Trinajstić information content (AvgIpc) is 3.82. The number of halogens is 2. The predicted molar refractivity (Wildman–Crippen MR) is 307 cm³/mol. The van der Waals surface area contributed by atoms with Gasteiger partial charge in [-0.3, -0.25) is 19.4 Å². The highest BCUT2D eigenvalue weighted by Gasteiger charge is 2.47. The number of thiazole rings is 1. The minimum absolute atomic E-state index is 0.0169. The van der Waals surface area contributed by atoms with Gasteiger partial charge in [-0.2, -0.15) is 9.97 Å². The fraction of sp³-hybridized carbons (Fsp3) is 0.525. The van der Waals surface area contributed by atoms with Gasteiger partial charge >= 0.3 is 6.01 Å². The molecule has 2 unspecified atom stereocenters. The van der Waals surface area contributed by atoms with Crippen LogP contribution in [0.4, 0.5) is 14.6 Å². The molecule has 1 aliphatic carbocycles. The molecular formula is C61H74F2N10O7S. The zero-order valence-corrected chi connectivity index (χ0v) is 47.9. The summed E-state index contributed by atoms with van der Waals surface area (Å²) < 4.78 is 45.2. The van der Waals surface area contributed by atoms with Crippen LogP contribution >= 0.6 is 11.3 Å². The number of benzene rings is 3. The molecule has 17 nitrogen and oxygen atoms in total. The number of likely N-dealkylation sites (tertiary alicyclic amines) is 2. The van der Waals surface area contributed by atoms with E-state index in [9.17, 15) is 24.6 Å². The molecule has 20 heteroatoms. The Morgan fingerprint density at radius 2 is 1.70 bits per heavy atom. The van der Waals surface area contributed by atoms with Gasteiger partial charge in [0.05, 0.1) is 52.9 Å². The smallest absolute Gasteiger partial charge is 0.319 e. The number of β-amino-alcohol motifs (C(OH)–C–C–N with tert-alkyl or cyclic N) is 1. The molecule has 1 saturated carbocycles. The van der Waals surface area contributed by atoms with Crippen molar-refractivity contribution < 1.29 is 42.9 Å². The maximum Gasteiger partial charge on any atom is 0.319 e. The third-order valence-electron chi connectivity index (χ3n) is 17.2. The van der Waals surface area contributed by atoms with Crippen molar-refractivity contribution in [2.24, 2.45) is 10.8 Å². The summed E-state index contributed by atoms with van der Waals surface area (Å²) in [5.41, 5.74) is 4.59. The van der Waals surface area contributed by atoms with E-state index >= 15 is 8.78 Å². The molecule has 5 fully saturated rings. The lowest BCUT2D eigenvalue weighted by molar-refractivity contribution is -0.144. The molecule has 5 N–H and O–H groups in total. The summed E-state index contributed by atoms with van der Waals surface area (Å²) in [4.78, 5) is 67.4. The predicted octanol–water partition coefficient (Wildman–Crippen LogP) is 8.16. The highest BCUT2D eigenvalue weighted by atomic mass is 32.1. The van der Waals surface area contributed by atoms with Crippen molar-refractivity contribution in [1.29, 1.82) is 0 Å². The summed E-state index contributed by atoms with van der Waals surface area (Å²) >= 11 is 1.57. The number of aromatic nitrogens is 4. The lowest BCUT2D eigenvalue weighted by Crippen LogP contribution is -2.58. The fourth-order valence-corrected chi connectivity index (χ4v) is 13.3. The molecule has 5 aliphatic rings. The number of aromatic hydroxyl groups is 1. The Bertz CT molecular complexity index is 3320. The van der Waals surface area contributed by atoms with E-state index in [0.717, 1.165) is 79.9 Å². The molecule has 3 aromatic heterocycles. The second-order valence-corrected chi connectivity index (χ2v) is 25.1. The molecular weight excluding hydrogens is 1050 g/mol. The molecule has 81 heavy (non-hydrogen) atoms. The fourth-order valence-electron chi connectivity index (χ4n) is 12.5. The van der Waals surface area contributed by atoms with Crippen LogP contribution in [0.1, 0.15) is 109 Å². The summed E-state index contributed by atoms with van der Waals surface area (Å²) in [6.45, 7) is 15.6. The Kier molecular flexibility index (Phi) is 16.1. The van der Waals surface area contributed by atoms with Gasteiger partial charge in [0.1, 0.15) is 40.7 Å². The molecule has 7 heterocycles. The summed E-state index contributed by atoms with van der Waals surface area (Å²) in [6, 6.07) is 12.3. The number of carbonyl (C=O) groups excluding carboxylic acids is 3. The van der Waals surface area contributed by atoms with E-state index in [4.69, 9.17) is 19.4 Å². The Balaban J connectivity index is 0.686. The van der Waals surface area contributed by atoms with Crippen molar-refractivity contribution in [3.8, 4) is 33.5 Å². The van der Waals surface area contributed by atoms with Gasteiger partial charge in [0.25, 0.3) is 0 Å². The second-order valence-electron chi connectivity index (χ2n) is 24.3. The Morgan fingerprint density at radius 1 is 0.963 bits per heavy atom. The number of phenolic OH excluding ortho intramolecular Hbond substituents is 1. The number of hydrogen-bond acceptors (Lipinski definition) is 15. The van der Waals surface area contributed by atoms with E-state index in [2.05, 4.69) is 35.7 Å². The van der Waals surface area contributed by atoms with E-state index in [1.165, 1.54) is 17.0 Å². The number of nitrogens with zero attached hydrogens (tertiary/aromatic N) is 7. The second kappa shape index (κ2) is 23.1. The van der Waals surface area contributed by atoms with Crippen LogP contribution in [-0.4, -0.2) is 147 Å². The third-order valence-corrected chi connectivity index (χ3v) is 18.2. The maximum absolute atomic E-state index is 17.2. The van der Waals surface area contributed by atoms with Crippen LogP contribution in [0.3, 0.4) is 0 Å². The number of aryl methyl sites for hydroxylation is 2. The number of nitrogens with one attached hydrogen (secondary N) is 3. The van der Waals surface area contributed by atoms with Crippen molar-refractivity contribution in [2.75, 3.05) is 57.4 Å². The van der Waals surface area contributed by atoms with Gasteiger partial charge in [-0.1, -0.05) is 58.0 Å². The van der Waals surface area contributed by atoms with Crippen molar-refractivity contribution in [1.82, 2.24) is 45.7 Å². The molecule has 11 rings (SSSR count). The van der Waals surface area contributed by atoms with Gasteiger partial charge in [-0.05, 0) is 110 Å². The summed E-state index contributed by atoms with van der Waals surface area (Å²) in [7, 11) is 0. The molecule has 4 saturated heterocycles. The number of phenols is 1. The molecule has 0 radical (unpaired) electrons. The van der Waals surface area contributed by atoms with Gasteiger partial charge in [-0.15, -0.1) is 11.3 Å². The molecule has 0 spiro atoms. The minimum Gasteiger partial charge on any atom is -0.508 e. The number of pyridine rings is 1. The largest absolute Gasteiger partial charge is 0.508 e. The van der Waals surface area contributed by atoms with Crippen LogP contribution in [0.25, 0.3) is 43.4 Å². The number of fused-ring (bicyclic) bond motifs is 4. The Morgan fingerprint density at radius 3 is 2.38 bits per heavy atom. The zero-order valence-electron chi connectivity index (χ0n) is 47.1. The minimum atomic E-state index is -0.949. The Labute approximate surface area is 475 Å². The first-order valence-electron chi connectivity index (χ1n) is 28.7. The number of amides is 3. The SMILES string of the molecule is CCc1c(F)ccc2cc(O)cc(-c3ncc4c(N5CC6CCC(C5)N6)nc(OCC5(CN6CCC(OCCC(=O)N[C@H](C(=O)N7C[C@H](O)C[C@H]7C(=O)N[C@@H](C)c7ccc(-c8scnc8C)cc7)C(C)(C)C)CC6)CC5)nc4c3F)c12. The molecule has 4 aliphatic heterocycles. The number of hydrogen-bond donors (Lipinski definition) is 5.